The van der Waals surface area contributed by atoms with Gasteiger partial charge in [0.05, 0.1) is 0 Å². The highest BCUT2D eigenvalue weighted by Gasteiger charge is 1.74. The summed E-state index contributed by atoms with van der Waals surface area (Å²) in [6.07, 6.45) is 9.50. The van der Waals surface area contributed by atoms with Gasteiger partial charge in [0.25, 0.3) is 0 Å². The molecular weight excluding hydrogens is 136 g/mol. The Morgan fingerprint density at radius 2 is 2.27 bits per heavy atom. The highest BCUT2D eigenvalue weighted by molar-refractivity contribution is 5.77. The molecule has 0 atom stereocenters. The molecule has 0 saturated heterocycles. The van der Waals surface area contributed by atoms with Crippen LogP contribution in [0.15, 0.2) is 29.0 Å². The van der Waals surface area contributed by atoms with E-state index in [0.29, 0.717) is 5.70 Å². The molecule has 0 aliphatic rings. The van der Waals surface area contributed by atoms with Crippen LogP contribution in [0.2, 0.25) is 0 Å². The van der Waals surface area contributed by atoms with Crippen molar-refractivity contribution in [2.75, 3.05) is 0 Å². The zero-order chi connectivity index (χ0) is 8.53. The lowest BCUT2D eigenvalue weighted by Gasteiger charge is -1.85. The Labute approximate surface area is 68.5 Å². The Balaban J connectivity index is 3.59. The Morgan fingerprint density at radius 1 is 1.55 bits per heavy atom. The van der Waals surface area contributed by atoms with Gasteiger partial charge in [-0.05, 0) is 13.3 Å². The van der Waals surface area contributed by atoms with Crippen molar-refractivity contribution in [3.05, 3.63) is 24.0 Å². The molecule has 62 valence electrons. The quantitative estimate of drug-likeness (QED) is 0.616. The van der Waals surface area contributed by atoms with E-state index in [-0.39, 0.29) is 0 Å². The Kier molecular flexibility index (Phi) is 6.39. The third-order valence-electron chi connectivity index (χ3n) is 1.20. The maximum absolute atomic E-state index is 5.47. The molecule has 0 aromatic carbocycles. The number of nitrogens with two attached hydrogens (primary N) is 1. The van der Waals surface area contributed by atoms with E-state index >= 15 is 0 Å². The van der Waals surface area contributed by atoms with E-state index in [9.17, 15) is 0 Å². The van der Waals surface area contributed by atoms with Crippen LogP contribution in [0.5, 0.6) is 0 Å². The SMILES string of the molecule is C\C=C(N)/C=N/C=C/CCC. The number of nitrogens with zero attached hydrogens (tertiary/aromatic N) is 1. The molecule has 2 N–H and O–H groups in total. The average molecular weight is 152 g/mol. The second-order valence-corrected chi connectivity index (χ2v) is 2.24. The van der Waals surface area contributed by atoms with Gasteiger partial charge >= 0.3 is 0 Å². The number of allylic oxidation sites excluding steroid dienone is 3. The first-order valence-corrected chi connectivity index (χ1v) is 3.91. The number of unbranched alkanes of at least 4 members (excludes halogenated alkanes) is 1. The molecule has 0 rings (SSSR count). The summed E-state index contributed by atoms with van der Waals surface area (Å²) >= 11 is 0. The summed E-state index contributed by atoms with van der Waals surface area (Å²) < 4.78 is 0. The van der Waals surface area contributed by atoms with Gasteiger partial charge in [0.1, 0.15) is 0 Å². The second kappa shape index (κ2) is 7.06. The molecular formula is C9H16N2. The molecule has 0 heterocycles. The fraction of sp³-hybridized carbons (Fsp3) is 0.444. The number of rotatable bonds is 4. The van der Waals surface area contributed by atoms with Crippen LogP contribution in [0, 0.1) is 0 Å². The van der Waals surface area contributed by atoms with Crippen molar-refractivity contribution in [1.82, 2.24) is 0 Å². The minimum absolute atomic E-state index is 0.700. The lowest BCUT2D eigenvalue weighted by atomic mass is 10.3. The monoisotopic (exact) mass is 152 g/mol. The lowest BCUT2D eigenvalue weighted by Crippen LogP contribution is -1.95. The van der Waals surface area contributed by atoms with Crippen molar-refractivity contribution < 1.29 is 0 Å². The number of hydrogen-bond acceptors (Lipinski definition) is 2. The van der Waals surface area contributed by atoms with Crippen molar-refractivity contribution >= 4 is 6.21 Å². The average Bonchev–Trinajstić information content (AvgIpc) is 2.04. The van der Waals surface area contributed by atoms with Crippen LogP contribution < -0.4 is 5.73 Å². The van der Waals surface area contributed by atoms with Crippen molar-refractivity contribution in [1.29, 1.82) is 0 Å². The maximum Gasteiger partial charge on any atom is 0.0494 e. The van der Waals surface area contributed by atoms with E-state index < -0.39 is 0 Å². The molecule has 2 heteroatoms. The van der Waals surface area contributed by atoms with Crippen LogP contribution >= 0.6 is 0 Å². The first-order chi connectivity index (χ1) is 5.31. The molecule has 2 nitrogen and oxygen atoms in total. The number of aliphatic imine (C=N–C) groups is 1. The van der Waals surface area contributed by atoms with Crippen LogP contribution in [-0.2, 0) is 0 Å². The molecule has 0 radical (unpaired) electrons. The molecule has 0 bridgehead atoms. The van der Waals surface area contributed by atoms with E-state index in [2.05, 4.69) is 11.9 Å². The fourth-order valence-corrected chi connectivity index (χ4v) is 0.506. The van der Waals surface area contributed by atoms with Crippen LogP contribution in [0.3, 0.4) is 0 Å². The van der Waals surface area contributed by atoms with Crippen molar-refractivity contribution in [3.8, 4) is 0 Å². The largest absolute Gasteiger partial charge is 0.398 e. The molecule has 0 unspecified atom stereocenters. The summed E-state index contributed by atoms with van der Waals surface area (Å²) in [4.78, 5) is 3.98. The summed E-state index contributed by atoms with van der Waals surface area (Å²) in [6, 6.07) is 0. The zero-order valence-electron chi connectivity index (χ0n) is 7.25. The third-order valence-corrected chi connectivity index (χ3v) is 1.20. The maximum atomic E-state index is 5.47. The minimum atomic E-state index is 0.700. The fourth-order valence-electron chi connectivity index (χ4n) is 0.506. The van der Waals surface area contributed by atoms with Crippen LogP contribution in [0.25, 0.3) is 0 Å². The first-order valence-electron chi connectivity index (χ1n) is 3.91. The predicted molar refractivity (Wildman–Crippen MR) is 50.5 cm³/mol. The van der Waals surface area contributed by atoms with Gasteiger partial charge in [0.15, 0.2) is 0 Å². The van der Waals surface area contributed by atoms with Gasteiger partial charge in [-0.15, -0.1) is 0 Å². The van der Waals surface area contributed by atoms with Crippen molar-refractivity contribution in [2.24, 2.45) is 10.7 Å². The zero-order valence-corrected chi connectivity index (χ0v) is 7.25. The molecule has 0 fully saturated rings. The van der Waals surface area contributed by atoms with E-state index in [0.717, 1.165) is 12.8 Å². The Hall–Kier alpha value is -1.05. The first kappa shape index (κ1) is 9.95. The highest BCUT2D eigenvalue weighted by Crippen LogP contribution is 1.88. The molecule has 0 amide bonds. The van der Waals surface area contributed by atoms with E-state index in [1.54, 1.807) is 12.4 Å². The van der Waals surface area contributed by atoms with Gasteiger partial charge < -0.3 is 5.73 Å². The molecule has 0 aromatic rings. The topological polar surface area (TPSA) is 38.4 Å². The lowest BCUT2D eigenvalue weighted by molar-refractivity contribution is 0.956. The molecule has 0 aliphatic carbocycles. The van der Waals surface area contributed by atoms with Crippen molar-refractivity contribution in [2.45, 2.75) is 26.7 Å². The molecule has 0 aliphatic heterocycles. The summed E-state index contributed by atoms with van der Waals surface area (Å²) in [5.74, 6) is 0. The third kappa shape index (κ3) is 6.84. The smallest absolute Gasteiger partial charge is 0.0494 e. The van der Waals surface area contributed by atoms with E-state index in [1.165, 1.54) is 0 Å². The summed E-state index contributed by atoms with van der Waals surface area (Å²) in [5.41, 5.74) is 6.17. The Morgan fingerprint density at radius 3 is 2.82 bits per heavy atom. The van der Waals surface area contributed by atoms with Gasteiger partial charge in [-0.2, -0.15) is 0 Å². The van der Waals surface area contributed by atoms with E-state index in [1.807, 2.05) is 19.1 Å². The summed E-state index contributed by atoms with van der Waals surface area (Å²) in [6.45, 7) is 4.02. The van der Waals surface area contributed by atoms with Gasteiger partial charge in [-0.1, -0.05) is 25.5 Å². The van der Waals surface area contributed by atoms with Gasteiger partial charge in [-0.25, -0.2) is 0 Å². The standard InChI is InChI=1S/C9H16N2/c1-3-5-6-7-11-8-9(10)4-2/h4,6-8H,3,5,10H2,1-2H3/b7-6+,9-4+,11-8+. The van der Waals surface area contributed by atoms with Crippen LogP contribution in [0.1, 0.15) is 26.7 Å². The van der Waals surface area contributed by atoms with Crippen LogP contribution in [0.4, 0.5) is 0 Å². The normalized spacial score (nSPS) is 13.5. The predicted octanol–water partition coefficient (Wildman–Crippen LogP) is 2.23. The Bertz CT molecular complexity index is 166. The van der Waals surface area contributed by atoms with Crippen LogP contribution in [-0.4, -0.2) is 6.21 Å². The summed E-state index contributed by atoms with van der Waals surface area (Å²) in [5, 5.41) is 0. The molecule has 0 saturated carbocycles. The van der Waals surface area contributed by atoms with E-state index in [4.69, 9.17) is 5.73 Å². The minimum Gasteiger partial charge on any atom is -0.398 e. The highest BCUT2D eigenvalue weighted by atomic mass is 14.7. The molecule has 0 aromatic heterocycles. The van der Waals surface area contributed by atoms with Gasteiger partial charge in [0.2, 0.25) is 0 Å². The summed E-state index contributed by atoms with van der Waals surface area (Å²) in [7, 11) is 0. The second-order valence-electron chi connectivity index (χ2n) is 2.24. The van der Waals surface area contributed by atoms with Gasteiger partial charge in [-0.3, -0.25) is 4.99 Å². The molecule has 0 spiro atoms. The van der Waals surface area contributed by atoms with Gasteiger partial charge in [0, 0.05) is 18.1 Å². The molecule has 11 heavy (non-hydrogen) atoms. The number of hydrogen-bond donors (Lipinski definition) is 1. The van der Waals surface area contributed by atoms with Crippen molar-refractivity contribution in [3.63, 3.8) is 0 Å².